The Bertz CT molecular complexity index is 588. The molecule has 2 aliphatic rings. The highest BCUT2D eigenvalue weighted by Crippen LogP contribution is 2.55. The van der Waals surface area contributed by atoms with Crippen LogP contribution < -0.4 is 5.32 Å². The summed E-state index contributed by atoms with van der Waals surface area (Å²) in [6.07, 6.45) is 5.12. The fourth-order valence-electron chi connectivity index (χ4n) is 2.83. The number of hydrogen-bond donors (Lipinski definition) is 2. The number of thioether (sulfide) groups is 2. The zero-order valence-electron chi connectivity index (χ0n) is 13.0. The van der Waals surface area contributed by atoms with Crippen LogP contribution in [-0.4, -0.2) is 68.3 Å². The number of carboxylic acid groups (broad SMARTS) is 1. The number of nitrogens with one attached hydrogen (secondary N) is 1. The molecule has 0 aliphatic carbocycles. The van der Waals surface area contributed by atoms with Crippen molar-refractivity contribution < 1.29 is 24.2 Å². The molecule has 0 spiro atoms. The van der Waals surface area contributed by atoms with Crippen LogP contribution >= 0.6 is 23.5 Å². The quantitative estimate of drug-likeness (QED) is 0.298. The summed E-state index contributed by atoms with van der Waals surface area (Å²) < 4.78 is 4.63. The fourth-order valence-corrected chi connectivity index (χ4v) is 4.98. The van der Waals surface area contributed by atoms with Crippen LogP contribution in [0.3, 0.4) is 0 Å². The van der Waals surface area contributed by atoms with Gasteiger partial charge in [0.25, 0.3) is 11.6 Å². The first-order valence-electron chi connectivity index (χ1n) is 6.82. The highest BCUT2D eigenvalue weighted by molar-refractivity contribution is 8.01. The lowest BCUT2D eigenvalue weighted by Gasteiger charge is -2.51. The fraction of sp³-hybridized carbons (Fsp3) is 0.643. The number of nitrogens with zero attached hydrogens (tertiary/aromatic N) is 1. The van der Waals surface area contributed by atoms with Gasteiger partial charge in [-0.2, -0.15) is 0 Å². The van der Waals surface area contributed by atoms with Gasteiger partial charge >= 0.3 is 5.97 Å². The van der Waals surface area contributed by atoms with Crippen LogP contribution in [0.1, 0.15) is 13.8 Å². The minimum absolute atomic E-state index is 0.103. The van der Waals surface area contributed by atoms with E-state index in [-0.39, 0.29) is 11.7 Å². The van der Waals surface area contributed by atoms with Gasteiger partial charge in [-0.05, 0) is 13.8 Å². The molecule has 7 nitrogen and oxygen atoms in total. The first-order valence-corrected chi connectivity index (χ1v) is 8.85. The molecule has 2 saturated heterocycles. The lowest BCUT2D eigenvalue weighted by molar-refractivity contribution is -0.200. The second kappa shape index (κ2) is 6.26. The Hall–Kier alpha value is -1.37. The molecule has 3 atom stereocenters. The summed E-state index contributed by atoms with van der Waals surface area (Å²) in [5, 5.41) is 11.4. The second-order valence-corrected chi connectivity index (χ2v) is 8.43. The van der Waals surface area contributed by atoms with Gasteiger partial charge in [-0.15, -0.1) is 29.9 Å². The van der Waals surface area contributed by atoms with Crippen molar-refractivity contribution in [3.05, 3.63) is 0 Å². The summed E-state index contributed by atoms with van der Waals surface area (Å²) in [7, 11) is 1.33. The predicted molar refractivity (Wildman–Crippen MR) is 87.8 cm³/mol. The number of terminal acetylenes is 1. The number of methoxy groups -OCH3 is 1. The van der Waals surface area contributed by atoms with Gasteiger partial charge in [0.05, 0.1) is 11.5 Å². The van der Waals surface area contributed by atoms with E-state index in [0.717, 1.165) is 0 Å². The summed E-state index contributed by atoms with van der Waals surface area (Å²) >= 11 is 2.55. The van der Waals surface area contributed by atoms with Crippen LogP contribution in [0.5, 0.6) is 0 Å². The van der Waals surface area contributed by atoms with Crippen molar-refractivity contribution in [2.24, 2.45) is 0 Å². The van der Waals surface area contributed by atoms with E-state index in [0.29, 0.717) is 5.75 Å². The summed E-state index contributed by atoms with van der Waals surface area (Å²) in [4.78, 5) is 37.3. The van der Waals surface area contributed by atoms with E-state index in [1.54, 1.807) is 13.8 Å². The maximum Gasteiger partial charge on any atom is 0.327 e. The monoisotopic (exact) mass is 358 g/mol. The van der Waals surface area contributed by atoms with Crippen molar-refractivity contribution in [2.45, 2.75) is 35.7 Å². The standard InChI is InChI=1S/C14H18N2O5S2/c1-5-6-22-7-8(17)15-14(21-4)11(20)16-9(10(18)19)13(2,3)23-12(14)16/h1,9,12H,6-7H2,2-4H3,(H,15,17)(H,18,19)/t9-,12+,14-/m0/s1. The minimum Gasteiger partial charge on any atom is -0.480 e. The van der Waals surface area contributed by atoms with E-state index in [1.165, 1.54) is 35.5 Å². The molecule has 0 bridgehead atoms. The second-order valence-electron chi connectivity index (χ2n) is 5.71. The number of hydrogen-bond acceptors (Lipinski definition) is 6. The summed E-state index contributed by atoms with van der Waals surface area (Å²) in [5.74, 6) is 0.917. The molecule has 0 aromatic rings. The zero-order chi connectivity index (χ0) is 17.4. The number of rotatable bonds is 6. The summed E-state index contributed by atoms with van der Waals surface area (Å²) in [6.45, 7) is 3.51. The molecule has 23 heavy (non-hydrogen) atoms. The van der Waals surface area contributed by atoms with E-state index < -0.39 is 33.8 Å². The van der Waals surface area contributed by atoms with Crippen LogP contribution in [0.25, 0.3) is 0 Å². The molecule has 0 aromatic heterocycles. The smallest absolute Gasteiger partial charge is 0.327 e. The Morgan fingerprint density at radius 1 is 1.57 bits per heavy atom. The van der Waals surface area contributed by atoms with Crippen molar-refractivity contribution >= 4 is 41.3 Å². The number of ether oxygens (including phenoxy) is 1. The molecule has 2 N–H and O–H groups in total. The largest absolute Gasteiger partial charge is 0.480 e. The van der Waals surface area contributed by atoms with E-state index in [1.807, 2.05) is 0 Å². The maximum absolute atomic E-state index is 12.5. The van der Waals surface area contributed by atoms with Gasteiger partial charge in [0.2, 0.25) is 5.91 Å². The lowest BCUT2D eigenvalue weighted by Crippen LogP contribution is -2.80. The zero-order valence-corrected chi connectivity index (χ0v) is 14.6. The SMILES string of the molecule is C#CCSCC(=O)N[C@]1(OC)C(=O)N2[C@@H](C(=O)O)C(C)(C)S[C@@H]21. The Balaban J connectivity index is 2.17. The van der Waals surface area contributed by atoms with Gasteiger partial charge in [0.1, 0.15) is 11.4 Å². The van der Waals surface area contributed by atoms with Crippen LogP contribution in [0.15, 0.2) is 0 Å². The topological polar surface area (TPSA) is 95.9 Å². The molecular formula is C14H18N2O5S2. The number of carboxylic acids is 1. The maximum atomic E-state index is 12.5. The van der Waals surface area contributed by atoms with Gasteiger partial charge < -0.3 is 20.1 Å². The highest BCUT2D eigenvalue weighted by Gasteiger charge is 2.73. The van der Waals surface area contributed by atoms with E-state index in [9.17, 15) is 19.5 Å². The van der Waals surface area contributed by atoms with Gasteiger partial charge in [-0.1, -0.05) is 5.92 Å². The van der Waals surface area contributed by atoms with E-state index in [2.05, 4.69) is 11.2 Å². The molecule has 0 aromatic carbocycles. The minimum atomic E-state index is -1.51. The molecule has 2 fully saturated rings. The van der Waals surface area contributed by atoms with Crippen molar-refractivity contribution in [1.29, 1.82) is 0 Å². The number of amides is 2. The molecule has 2 amide bonds. The summed E-state index contributed by atoms with van der Waals surface area (Å²) in [6, 6.07) is -0.957. The van der Waals surface area contributed by atoms with Crippen LogP contribution in [0, 0.1) is 12.3 Å². The third kappa shape index (κ3) is 2.79. The average molecular weight is 358 g/mol. The van der Waals surface area contributed by atoms with Crippen molar-refractivity contribution in [1.82, 2.24) is 10.2 Å². The van der Waals surface area contributed by atoms with Crippen molar-refractivity contribution in [2.75, 3.05) is 18.6 Å². The van der Waals surface area contributed by atoms with Crippen molar-refractivity contribution in [3.63, 3.8) is 0 Å². The molecule has 0 unspecified atom stereocenters. The van der Waals surface area contributed by atoms with Crippen LogP contribution in [0.2, 0.25) is 0 Å². The molecule has 0 radical (unpaired) electrons. The van der Waals surface area contributed by atoms with Crippen molar-refractivity contribution in [3.8, 4) is 12.3 Å². The van der Waals surface area contributed by atoms with Gasteiger partial charge in [-0.3, -0.25) is 9.59 Å². The third-order valence-electron chi connectivity index (χ3n) is 3.80. The Morgan fingerprint density at radius 2 is 2.22 bits per heavy atom. The van der Waals surface area contributed by atoms with E-state index in [4.69, 9.17) is 11.2 Å². The molecule has 126 valence electrons. The highest BCUT2D eigenvalue weighted by atomic mass is 32.2. The Labute approximate surface area is 142 Å². The molecule has 2 aliphatic heterocycles. The Kier molecular flexibility index (Phi) is 4.89. The number of carbonyl (C=O) groups excluding carboxylic acids is 2. The third-order valence-corrected chi connectivity index (χ3v) is 6.25. The summed E-state index contributed by atoms with van der Waals surface area (Å²) in [5.41, 5.74) is -1.51. The number of fused-ring (bicyclic) bond motifs is 1. The van der Waals surface area contributed by atoms with Crippen LogP contribution in [-0.2, 0) is 19.1 Å². The first-order chi connectivity index (χ1) is 10.7. The number of β-lactam (4-membered cyclic amide) rings is 1. The van der Waals surface area contributed by atoms with Gasteiger partial charge in [0.15, 0.2) is 0 Å². The molecule has 0 saturated carbocycles. The lowest BCUT2D eigenvalue weighted by atomic mass is 9.93. The van der Waals surface area contributed by atoms with Gasteiger partial charge in [0, 0.05) is 11.9 Å². The normalized spacial score (nSPS) is 31.0. The number of carbonyl (C=O) groups is 3. The van der Waals surface area contributed by atoms with Crippen LogP contribution in [0.4, 0.5) is 0 Å². The molecular weight excluding hydrogens is 340 g/mol. The molecule has 9 heteroatoms. The van der Waals surface area contributed by atoms with E-state index >= 15 is 0 Å². The predicted octanol–water partition coefficient (Wildman–Crippen LogP) is -0.0414. The average Bonchev–Trinajstić information content (AvgIpc) is 2.74. The Morgan fingerprint density at radius 3 is 2.74 bits per heavy atom. The number of aliphatic carboxylic acids is 1. The first kappa shape index (κ1) is 18.0. The van der Waals surface area contributed by atoms with Gasteiger partial charge in [-0.25, -0.2) is 4.79 Å². The molecule has 2 heterocycles. The molecule has 2 rings (SSSR count).